The molecule has 0 bridgehead atoms. The second-order valence-corrected chi connectivity index (χ2v) is 6.21. The first-order valence-corrected chi connectivity index (χ1v) is 8.28. The van der Waals surface area contributed by atoms with Crippen molar-refractivity contribution in [1.82, 2.24) is 5.32 Å². The van der Waals surface area contributed by atoms with Crippen LogP contribution < -0.4 is 5.32 Å². The Bertz CT molecular complexity index is 956. The Hall–Kier alpha value is -3.35. The topological polar surface area (TPSA) is 101 Å². The number of amides is 1. The normalized spacial score (nSPS) is 14.9. The Labute approximate surface area is 162 Å². The summed E-state index contributed by atoms with van der Waals surface area (Å²) in [6.07, 6.45) is -2.89. The fourth-order valence-electron chi connectivity index (χ4n) is 2.64. The van der Waals surface area contributed by atoms with E-state index in [1.807, 2.05) is 6.07 Å². The van der Waals surface area contributed by atoms with Crippen LogP contribution in [-0.2, 0) is 4.79 Å². The van der Waals surface area contributed by atoms with Crippen LogP contribution in [0.4, 0.5) is 22.0 Å². The van der Waals surface area contributed by atoms with E-state index in [0.29, 0.717) is 17.2 Å². The van der Waals surface area contributed by atoms with Crippen LogP contribution in [0.25, 0.3) is 0 Å². The van der Waals surface area contributed by atoms with Gasteiger partial charge in [-0.3, -0.25) is 4.79 Å². The Morgan fingerprint density at radius 3 is 2.41 bits per heavy atom. The summed E-state index contributed by atoms with van der Waals surface area (Å²) in [6.45, 7) is 0. The summed E-state index contributed by atoms with van der Waals surface area (Å²) >= 11 is 0. The summed E-state index contributed by atoms with van der Waals surface area (Å²) in [4.78, 5) is 12.0. The third kappa shape index (κ3) is 5.57. The molecule has 29 heavy (non-hydrogen) atoms. The smallest absolute Gasteiger partial charge is 0.343 e. The number of hydrogen-bond donors (Lipinski definition) is 3. The van der Waals surface area contributed by atoms with Crippen LogP contribution in [0.1, 0.15) is 30.9 Å². The van der Waals surface area contributed by atoms with Crippen molar-refractivity contribution in [1.29, 1.82) is 16.1 Å². The molecule has 0 radical (unpaired) electrons. The fourth-order valence-corrected chi connectivity index (χ4v) is 2.64. The molecule has 0 saturated carbocycles. The van der Waals surface area contributed by atoms with Crippen LogP contribution in [0.3, 0.4) is 0 Å². The Kier molecular flexibility index (Phi) is 6.64. The zero-order valence-electron chi connectivity index (χ0n) is 14.8. The summed E-state index contributed by atoms with van der Waals surface area (Å²) in [7, 11) is 0. The van der Waals surface area contributed by atoms with E-state index < -0.39 is 41.9 Å². The number of carbonyl (C=O) groups excluding carboxylic acids is 1. The minimum atomic E-state index is -4.99. The summed E-state index contributed by atoms with van der Waals surface area (Å²) in [5.41, 5.74) is -1.62. The average Bonchev–Trinajstić information content (AvgIpc) is 2.65. The van der Waals surface area contributed by atoms with E-state index in [4.69, 9.17) is 16.1 Å². The van der Waals surface area contributed by atoms with Gasteiger partial charge in [0, 0.05) is 23.6 Å². The number of hydrogen-bond acceptors (Lipinski definition) is 4. The molecule has 0 aromatic heterocycles. The minimum absolute atomic E-state index is 0.134. The van der Waals surface area contributed by atoms with E-state index >= 15 is 0 Å². The molecule has 5 nitrogen and oxygen atoms in total. The summed E-state index contributed by atoms with van der Waals surface area (Å²) in [5, 5.41) is 26.2. The van der Waals surface area contributed by atoms with E-state index in [-0.39, 0.29) is 24.1 Å². The van der Waals surface area contributed by atoms with Gasteiger partial charge in [-0.25, -0.2) is 8.78 Å². The van der Waals surface area contributed by atoms with Crippen LogP contribution in [-0.4, -0.2) is 23.5 Å². The Morgan fingerprint density at radius 1 is 1.21 bits per heavy atom. The highest BCUT2D eigenvalue weighted by atomic mass is 19.4. The van der Waals surface area contributed by atoms with Crippen molar-refractivity contribution in [2.75, 3.05) is 0 Å². The van der Waals surface area contributed by atoms with E-state index in [9.17, 15) is 26.7 Å². The number of alkyl halides is 3. The van der Waals surface area contributed by atoms with Crippen molar-refractivity contribution in [2.24, 2.45) is 0 Å². The van der Waals surface area contributed by atoms with Crippen LogP contribution in [0.15, 0.2) is 41.5 Å². The lowest BCUT2D eigenvalue weighted by molar-refractivity contribution is -0.121. The molecule has 152 valence electrons. The second-order valence-electron chi connectivity index (χ2n) is 6.21. The molecule has 0 fully saturated rings. The molecule has 10 heteroatoms. The second kappa shape index (κ2) is 8.77. The van der Waals surface area contributed by atoms with Crippen LogP contribution >= 0.6 is 0 Å². The van der Waals surface area contributed by atoms with Gasteiger partial charge in [0.05, 0.1) is 24.2 Å². The molecule has 1 aromatic carbocycles. The monoisotopic (exact) mass is 410 g/mol. The van der Waals surface area contributed by atoms with Gasteiger partial charge in [0.25, 0.3) is 0 Å². The Morgan fingerprint density at radius 2 is 1.90 bits per heavy atom. The fraction of sp³-hybridized carbons (Fsp3) is 0.263. The molecule has 0 aliphatic heterocycles. The lowest BCUT2D eigenvalue weighted by Crippen LogP contribution is -2.38. The molecular weight excluding hydrogens is 395 g/mol. The minimum Gasteiger partial charge on any atom is -0.343 e. The van der Waals surface area contributed by atoms with Gasteiger partial charge < -0.3 is 16.1 Å². The quantitative estimate of drug-likeness (QED) is 0.482. The van der Waals surface area contributed by atoms with Crippen LogP contribution in [0, 0.1) is 33.8 Å². The molecule has 1 unspecified atom stereocenters. The molecular formula is C19H15F5N4O. The van der Waals surface area contributed by atoms with Crippen molar-refractivity contribution in [3.05, 3.63) is 58.7 Å². The van der Waals surface area contributed by atoms with E-state index in [2.05, 4.69) is 5.32 Å². The molecule has 1 aliphatic carbocycles. The zero-order chi connectivity index (χ0) is 21.8. The molecule has 1 aliphatic rings. The SMILES string of the molecule is N#CC1=CCC(C(=N)C(NC(=O)CC(=N)C(F)(F)F)c2ccc(F)cc2F)=CC1. The van der Waals surface area contributed by atoms with Gasteiger partial charge in [0.15, 0.2) is 0 Å². The van der Waals surface area contributed by atoms with Gasteiger partial charge in [-0.1, -0.05) is 18.2 Å². The lowest BCUT2D eigenvalue weighted by Gasteiger charge is -2.23. The summed E-state index contributed by atoms with van der Waals surface area (Å²) in [6, 6.07) is 2.87. The third-order valence-corrected chi connectivity index (χ3v) is 4.17. The highest BCUT2D eigenvalue weighted by molar-refractivity contribution is 6.07. The molecule has 1 atom stereocenters. The highest BCUT2D eigenvalue weighted by Gasteiger charge is 2.36. The molecule has 1 amide bonds. The van der Waals surface area contributed by atoms with Gasteiger partial charge in [-0.05, 0) is 18.1 Å². The van der Waals surface area contributed by atoms with Gasteiger partial charge in [0.2, 0.25) is 5.91 Å². The standard InChI is InChI=1S/C19H15F5N4O/c20-12-5-6-13(14(21)7-12)18(28-16(29)8-15(26)19(22,23)24)17(27)11-3-1-10(9-25)2-4-11/h1,4-7,18,26-27H,2-3,8H2,(H,28,29). The van der Waals surface area contributed by atoms with Gasteiger partial charge in [0.1, 0.15) is 17.3 Å². The van der Waals surface area contributed by atoms with Crippen LogP contribution in [0.5, 0.6) is 0 Å². The number of nitrogens with zero attached hydrogens (tertiary/aromatic N) is 1. The number of halogens is 5. The van der Waals surface area contributed by atoms with E-state index in [1.54, 1.807) is 6.08 Å². The van der Waals surface area contributed by atoms with Crippen molar-refractivity contribution in [3.8, 4) is 6.07 Å². The van der Waals surface area contributed by atoms with E-state index in [0.717, 1.165) is 12.1 Å². The highest BCUT2D eigenvalue weighted by Crippen LogP contribution is 2.27. The number of carbonyl (C=O) groups is 1. The number of benzene rings is 1. The van der Waals surface area contributed by atoms with Crippen molar-refractivity contribution < 1.29 is 26.7 Å². The van der Waals surface area contributed by atoms with Gasteiger partial charge in [-0.2, -0.15) is 18.4 Å². The van der Waals surface area contributed by atoms with Crippen molar-refractivity contribution in [2.45, 2.75) is 31.5 Å². The Balaban J connectivity index is 2.31. The zero-order valence-corrected chi connectivity index (χ0v) is 14.8. The first-order valence-electron chi connectivity index (χ1n) is 8.28. The average molecular weight is 410 g/mol. The molecule has 0 saturated heterocycles. The predicted molar refractivity (Wildman–Crippen MR) is 94.4 cm³/mol. The first kappa shape index (κ1) is 21.9. The molecule has 1 aromatic rings. The van der Waals surface area contributed by atoms with Gasteiger partial charge >= 0.3 is 6.18 Å². The van der Waals surface area contributed by atoms with Gasteiger partial charge in [-0.15, -0.1) is 0 Å². The predicted octanol–water partition coefficient (Wildman–Crippen LogP) is 4.28. The maximum absolute atomic E-state index is 14.3. The van der Waals surface area contributed by atoms with E-state index in [1.165, 1.54) is 6.08 Å². The number of allylic oxidation sites excluding steroid dienone is 3. The maximum Gasteiger partial charge on any atom is 0.429 e. The number of rotatable bonds is 6. The number of nitriles is 1. The summed E-state index contributed by atoms with van der Waals surface area (Å²) in [5.74, 6) is -3.23. The lowest BCUT2D eigenvalue weighted by atomic mass is 9.90. The molecule has 0 heterocycles. The van der Waals surface area contributed by atoms with Crippen molar-refractivity contribution >= 4 is 17.3 Å². The third-order valence-electron chi connectivity index (χ3n) is 4.17. The first-order chi connectivity index (χ1) is 13.5. The molecule has 0 spiro atoms. The largest absolute Gasteiger partial charge is 0.429 e. The van der Waals surface area contributed by atoms with Crippen molar-refractivity contribution in [3.63, 3.8) is 0 Å². The molecule has 2 rings (SSSR count). The molecule has 3 N–H and O–H groups in total. The number of nitrogens with one attached hydrogen (secondary N) is 3. The summed E-state index contributed by atoms with van der Waals surface area (Å²) < 4.78 is 65.0. The maximum atomic E-state index is 14.3. The van der Waals surface area contributed by atoms with Crippen LogP contribution in [0.2, 0.25) is 0 Å².